The fraction of sp³-hybridized carbons (Fsp3) is 0. The molecule has 0 unspecified atom stereocenters. The first-order chi connectivity index (χ1) is 7.61. The molecule has 0 atom stereocenters. The molecule has 0 aliphatic heterocycles. The maximum Gasteiger partial charge on any atom is 2.00 e. The first-order valence-electron chi connectivity index (χ1n) is 4.74. The molecule has 0 aliphatic rings. The first kappa shape index (κ1) is 16.4. The summed E-state index contributed by atoms with van der Waals surface area (Å²) in [6, 6.07) is 15.0. The van der Waals surface area contributed by atoms with Gasteiger partial charge in [0.15, 0.2) is 0 Å². The van der Waals surface area contributed by atoms with E-state index in [4.69, 9.17) is 23.2 Å². The van der Waals surface area contributed by atoms with Crippen molar-refractivity contribution in [3.8, 4) is 0 Å². The molecule has 2 aromatic carbocycles. The molecule has 17 heavy (non-hydrogen) atoms. The number of halogens is 2. The monoisotopic (exact) mass is 314 g/mol. The standard InChI is InChI=1S/2C7H6Cl.Zn/c2*1-6-4-2-3-5-7(6)8;/h2*2-5H,1H2;/q2*-1;+2. The molecule has 0 amide bonds. The summed E-state index contributed by atoms with van der Waals surface area (Å²) in [6.45, 7) is 7.38. The Bertz CT molecular complexity index is 370. The third-order valence-electron chi connectivity index (χ3n) is 1.92. The topological polar surface area (TPSA) is 0 Å². The smallest absolute Gasteiger partial charge is 0.197 e. The van der Waals surface area contributed by atoms with Gasteiger partial charge in [-0.1, -0.05) is 22.2 Å². The van der Waals surface area contributed by atoms with Crippen LogP contribution in [0, 0.1) is 13.8 Å². The maximum absolute atomic E-state index is 5.65. The predicted molar refractivity (Wildman–Crippen MR) is 71.8 cm³/mol. The molecule has 0 aliphatic carbocycles. The fourth-order valence-corrected chi connectivity index (χ4v) is 1.27. The van der Waals surface area contributed by atoms with Crippen LogP contribution in [0.25, 0.3) is 0 Å². The van der Waals surface area contributed by atoms with Crippen LogP contribution in [0.1, 0.15) is 11.1 Å². The Labute approximate surface area is 126 Å². The molecule has 0 saturated heterocycles. The van der Waals surface area contributed by atoms with E-state index in [1.807, 2.05) is 48.5 Å². The Morgan fingerprint density at radius 3 is 1.12 bits per heavy atom. The predicted octanol–water partition coefficient (Wildman–Crippen LogP) is 5.04. The van der Waals surface area contributed by atoms with Gasteiger partial charge in [-0.3, -0.25) is 0 Å². The Hall–Kier alpha value is -0.617. The van der Waals surface area contributed by atoms with Gasteiger partial charge in [0.2, 0.25) is 0 Å². The Balaban J connectivity index is 0.000000284. The van der Waals surface area contributed by atoms with E-state index in [2.05, 4.69) is 13.8 Å². The zero-order chi connectivity index (χ0) is 12.0. The fourth-order valence-electron chi connectivity index (χ4n) is 0.997. The molecule has 0 heterocycles. The Morgan fingerprint density at radius 2 is 0.941 bits per heavy atom. The molecule has 0 radical (unpaired) electrons. The number of hydrogen-bond acceptors (Lipinski definition) is 0. The molecule has 3 heteroatoms. The SMILES string of the molecule is [CH2-]c1ccccc1Cl.[CH2-]c1ccccc1Cl.[Zn+2]. The molecule has 0 N–H and O–H groups in total. The quantitative estimate of drug-likeness (QED) is 0.472. The molecule has 0 aromatic heterocycles. The van der Waals surface area contributed by atoms with Crippen LogP contribution >= 0.6 is 23.2 Å². The molecular formula is C14H12Cl2Zn. The third kappa shape index (κ3) is 6.03. The molecule has 2 rings (SSSR count). The Morgan fingerprint density at radius 1 is 0.647 bits per heavy atom. The van der Waals surface area contributed by atoms with Gasteiger partial charge in [-0.05, 0) is 0 Å². The van der Waals surface area contributed by atoms with Crippen molar-refractivity contribution in [3.05, 3.63) is 83.6 Å². The van der Waals surface area contributed by atoms with Gasteiger partial charge in [-0.2, -0.15) is 60.3 Å². The van der Waals surface area contributed by atoms with Gasteiger partial charge in [0.05, 0.1) is 0 Å². The van der Waals surface area contributed by atoms with Gasteiger partial charge in [0, 0.05) is 0 Å². The van der Waals surface area contributed by atoms with Crippen LogP contribution in [0.15, 0.2) is 48.5 Å². The minimum Gasteiger partial charge on any atom is -0.197 e. The van der Waals surface area contributed by atoms with Gasteiger partial charge in [0.1, 0.15) is 0 Å². The second kappa shape index (κ2) is 8.47. The minimum absolute atomic E-state index is 0. The van der Waals surface area contributed by atoms with Crippen molar-refractivity contribution in [2.45, 2.75) is 0 Å². The summed E-state index contributed by atoms with van der Waals surface area (Å²) in [4.78, 5) is 0. The van der Waals surface area contributed by atoms with Gasteiger partial charge < -0.3 is 0 Å². The van der Waals surface area contributed by atoms with Crippen LogP contribution in [0.2, 0.25) is 10.0 Å². The van der Waals surface area contributed by atoms with Crippen LogP contribution in [-0.4, -0.2) is 0 Å². The molecule has 84 valence electrons. The van der Waals surface area contributed by atoms with Gasteiger partial charge in [-0.15, -0.1) is 24.3 Å². The molecule has 2 aromatic rings. The zero-order valence-electron chi connectivity index (χ0n) is 9.50. The van der Waals surface area contributed by atoms with E-state index in [-0.39, 0.29) is 19.5 Å². The summed E-state index contributed by atoms with van der Waals surface area (Å²) in [6.07, 6.45) is 0. The minimum atomic E-state index is 0. The van der Waals surface area contributed by atoms with E-state index in [0.29, 0.717) is 0 Å². The molecule has 0 fully saturated rings. The first-order valence-corrected chi connectivity index (χ1v) is 5.50. The van der Waals surface area contributed by atoms with E-state index in [1.165, 1.54) is 0 Å². The molecule has 0 bridgehead atoms. The van der Waals surface area contributed by atoms with Crippen molar-refractivity contribution in [3.63, 3.8) is 0 Å². The Kier molecular flexibility index (Phi) is 8.16. The van der Waals surface area contributed by atoms with Crippen molar-refractivity contribution in [1.82, 2.24) is 0 Å². The van der Waals surface area contributed by atoms with Crippen LogP contribution in [0.5, 0.6) is 0 Å². The number of rotatable bonds is 0. The van der Waals surface area contributed by atoms with E-state index in [9.17, 15) is 0 Å². The summed E-state index contributed by atoms with van der Waals surface area (Å²) in [5.74, 6) is 0. The third-order valence-corrected chi connectivity index (χ3v) is 2.65. The summed E-state index contributed by atoms with van der Waals surface area (Å²) in [5.41, 5.74) is 1.77. The maximum atomic E-state index is 5.65. The van der Waals surface area contributed by atoms with Gasteiger partial charge >= 0.3 is 19.5 Å². The number of benzene rings is 2. The van der Waals surface area contributed by atoms with Crippen molar-refractivity contribution in [2.24, 2.45) is 0 Å². The molecular weight excluding hydrogens is 304 g/mol. The molecule has 0 spiro atoms. The summed E-state index contributed by atoms with van der Waals surface area (Å²) < 4.78 is 0. The average Bonchev–Trinajstić information content (AvgIpc) is 2.28. The summed E-state index contributed by atoms with van der Waals surface area (Å²) in [5, 5.41) is 1.46. The van der Waals surface area contributed by atoms with Crippen molar-refractivity contribution in [2.75, 3.05) is 0 Å². The summed E-state index contributed by atoms with van der Waals surface area (Å²) in [7, 11) is 0. The largest absolute Gasteiger partial charge is 2.00 e. The zero-order valence-corrected chi connectivity index (χ0v) is 14.0. The van der Waals surface area contributed by atoms with E-state index >= 15 is 0 Å². The van der Waals surface area contributed by atoms with Crippen molar-refractivity contribution < 1.29 is 19.5 Å². The van der Waals surface area contributed by atoms with Crippen LogP contribution < -0.4 is 0 Å². The van der Waals surface area contributed by atoms with Crippen molar-refractivity contribution >= 4 is 23.2 Å². The van der Waals surface area contributed by atoms with E-state index in [0.717, 1.165) is 21.2 Å². The van der Waals surface area contributed by atoms with Gasteiger partial charge in [0.25, 0.3) is 0 Å². The second-order valence-corrected chi connectivity index (χ2v) is 4.00. The van der Waals surface area contributed by atoms with Crippen molar-refractivity contribution in [1.29, 1.82) is 0 Å². The van der Waals surface area contributed by atoms with Crippen LogP contribution in [0.3, 0.4) is 0 Å². The van der Waals surface area contributed by atoms with Crippen LogP contribution in [-0.2, 0) is 19.5 Å². The normalized spacial score (nSPS) is 8.59. The summed E-state index contributed by atoms with van der Waals surface area (Å²) >= 11 is 11.3. The second-order valence-electron chi connectivity index (χ2n) is 3.18. The molecule has 0 saturated carbocycles. The molecule has 0 nitrogen and oxygen atoms in total. The van der Waals surface area contributed by atoms with E-state index < -0.39 is 0 Å². The average molecular weight is 317 g/mol. The van der Waals surface area contributed by atoms with Crippen LogP contribution in [0.4, 0.5) is 0 Å². The number of hydrogen-bond donors (Lipinski definition) is 0. The van der Waals surface area contributed by atoms with Gasteiger partial charge in [-0.25, -0.2) is 0 Å². The van der Waals surface area contributed by atoms with E-state index in [1.54, 1.807) is 0 Å².